The number of hydrogen-bond acceptors (Lipinski definition) is 2. The third kappa shape index (κ3) is 2.14. The Morgan fingerprint density at radius 2 is 2.22 bits per heavy atom. The standard InChI is InChI=1S/C14H14ClNO2/c1-4-18-14(17)9(2)12-8-16(3)13-6-5-10(15)7-11(12)13/h5-8H,2,4H2,1,3H3. The van der Waals surface area contributed by atoms with Crippen molar-refractivity contribution in [2.24, 2.45) is 7.05 Å². The minimum absolute atomic E-state index is 0.337. The monoisotopic (exact) mass is 263 g/mol. The Kier molecular flexibility index (Phi) is 3.43. The number of benzene rings is 1. The number of nitrogens with zero attached hydrogens (tertiary/aromatic N) is 1. The highest BCUT2D eigenvalue weighted by atomic mass is 35.5. The first-order valence-corrected chi connectivity index (χ1v) is 6.03. The summed E-state index contributed by atoms with van der Waals surface area (Å²) < 4.78 is 6.90. The topological polar surface area (TPSA) is 31.2 Å². The molecule has 0 bridgehead atoms. The highest BCUT2D eigenvalue weighted by Gasteiger charge is 2.16. The summed E-state index contributed by atoms with van der Waals surface area (Å²) in [6.07, 6.45) is 1.86. The van der Waals surface area contributed by atoms with Gasteiger partial charge in [0.15, 0.2) is 0 Å². The SMILES string of the molecule is C=C(C(=O)OCC)c1cn(C)c2ccc(Cl)cc12. The molecule has 0 saturated carbocycles. The van der Waals surface area contributed by atoms with Gasteiger partial charge < -0.3 is 9.30 Å². The zero-order valence-electron chi connectivity index (χ0n) is 10.4. The van der Waals surface area contributed by atoms with Crippen LogP contribution >= 0.6 is 11.6 Å². The number of fused-ring (bicyclic) bond motifs is 1. The van der Waals surface area contributed by atoms with Crippen LogP contribution in [-0.2, 0) is 16.6 Å². The highest BCUT2D eigenvalue weighted by Crippen LogP contribution is 2.29. The number of ether oxygens (including phenoxy) is 1. The van der Waals surface area contributed by atoms with Gasteiger partial charge in [-0.15, -0.1) is 0 Å². The Balaban J connectivity index is 2.54. The molecule has 1 heterocycles. The number of esters is 1. The first-order chi connectivity index (χ1) is 8.54. The minimum Gasteiger partial charge on any atom is -0.462 e. The number of rotatable bonds is 3. The smallest absolute Gasteiger partial charge is 0.338 e. The molecule has 0 atom stereocenters. The van der Waals surface area contributed by atoms with Crippen molar-refractivity contribution in [1.29, 1.82) is 0 Å². The van der Waals surface area contributed by atoms with Crippen LogP contribution in [0, 0.1) is 0 Å². The first-order valence-electron chi connectivity index (χ1n) is 5.65. The Bertz CT molecular complexity index is 628. The molecule has 0 unspecified atom stereocenters. The van der Waals surface area contributed by atoms with E-state index in [1.165, 1.54) is 0 Å². The molecule has 18 heavy (non-hydrogen) atoms. The zero-order chi connectivity index (χ0) is 13.3. The molecule has 0 aliphatic rings. The van der Waals surface area contributed by atoms with E-state index in [-0.39, 0.29) is 0 Å². The molecule has 94 valence electrons. The Hall–Kier alpha value is -1.74. The predicted octanol–water partition coefficient (Wildman–Crippen LogP) is 3.41. The largest absolute Gasteiger partial charge is 0.462 e. The molecule has 0 radical (unpaired) electrons. The van der Waals surface area contributed by atoms with Crippen molar-refractivity contribution < 1.29 is 9.53 Å². The molecule has 0 fully saturated rings. The summed E-state index contributed by atoms with van der Waals surface area (Å²) in [5, 5.41) is 1.54. The molecule has 0 saturated heterocycles. The maximum Gasteiger partial charge on any atom is 0.338 e. The van der Waals surface area contributed by atoms with E-state index < -0.39 is 5.97 Å². The third-order valence-electron chi connectivity index (χ3n) is 2.80. The first kappa shape index (κ1) is 12.7. The molecule has 0 aliphatic carbocycles. The van der Waals surface area contributed by atoms with E-state index in [1.54, 1.807) is 6.92 Å². The quantitative estimate of drug-likeness (QED) is 0.628. The van der Waals surface area contributed by atoms with Crippen LogP contribution in [0.1, 0.15) is 12.5 Å². The highest BCUT2D eigenvalue weighted by molar-refractivity contribution is 6.31. The summed E-state index contributed by atoms with van der Waals surface area (Å²) in [6, 6.07) is 5.57. The van der Waals surface area contributed by atoms with Crippen LogP contribution in [0.25, 0.3) is 16.5 Å². The lowest BCUT2D eigenvalue weighted by atomic mass is 10.1. The van der Waals surface area contributed by atoms with E-state index in [9.17, 15) is 4.79 Å². The van der Waals surface area contributed by atoms with Gasteiger partial charge in [-0.25, -0.2) is 4.79 Å². The lowest BCUT2D eigenvalue weighted by Gasteiger charge is -2.03. The second-order valence-electron chi connectivity index (χ2n) is 4.01. The van der Waals surface area contributed by atoms with Crippen LogP contribution in [0.15, 0.2) is 31.0 Å². The average Bonchev–Trinajstić information content (AvgIpc) is 2.65. The lowest BCUT2D eigenvalue weighted by Crippen LogP contribution is -2.05. The second kappa shape index (κ2) is 4.86. The van der Waals surface area contributed by atoms with Crippen LogP contribution in [0.2, 0.25) is 5.02 Å². The van der Waals surface area contributed by atoms with Crippen molar-refractivity contribution >= 4 is 34.0 Å². The molecular weight excluding hydrogens is 250 g/mol. The molecule has 0 aliphatic heterocycles. The number of carbonyl (C=O) groups excluding carboxylic acids is 1. The molecule has 0 spiro atoms. The van der Waals surface area contributed by atoms with E-state index in [4.69, 9.17) is 16.3 Å². The van der Waals surface area contributed by atoms with Gasteiger partial charge in [0.25, 0.3) is 0 Å². The molecule has 2 aromatic rings. The van der Waals surface area contributed by atoms with E-state index in [0.29, 0.717) is 17.2 Å². The van der Waals surface area contributed by atoms with E-state index in [0.717, 1.165) is 16.5 Å². The zero-order valence-corrected chi connectivity index (χ0v) is 11.1. The molecule has 1 aromatic carbocycles. The van der Waals surface area contributed by atoms with Crippen LogP contribution < -0.4 is 0 Å². The minimum atomic E-state index is -0.398. The van der Waals surface area contributed by atoms with Gasteiger partial charge >= 0.3 is 5.97 Å². The Morgan fingerprint density at radius 3 is 2.89 bits per heavy atom. The normalized spacial score (nSPS) is 10.6. The lowest BCUT2D eigenvalue weighted by molar-refractivity contribution is -0.136. The van der Waals surface area contributed by atoms with Crippen molar-refractivity contribution in [3.05, 3.63) is 41.6 Å². The van der Waals surface area contributed by atoms with Gasteiger partial charge in [-0.3, -0.25) is 0 Å². The second-order valence-corrected chi connectivity index (χ2v) is 4.45. The Labute approximate surface area is 111 Å². The number of aryl methyl sites for hydroxylation is 1. The van der Waals surface area contributed by atoms with Crippen molar-refractivity contribution in [3.8, 4) is 0 Å². The molecule has 3 nitrogen and oxygen atoms in total. The molecule has 4 heteroatoms. The van der Waals surface area contributed by atoms with E-state index >= 15 is 0 Å². The number of aromatic nitrogens is 1. The van der Waals surface area contributed by atoms with E-state index in [2.05, 4.69) is 6.58 Å². The summed E-state index contributed by atoms with van der Waals surface area (Å²) in [4.78, 5) is 11.7. The summed E-state index contributed by atoms with van der Waals surface area (Å²) in [5.41, 5.74) is 2.11. The fourth-order valence-electron chi connectivity index (χ4n) is 1.93. The maximum atomic E-state index is 11.7. The van der Waals surface area contributed by atoms with Gasteiger partial charge in [0.05, 0.1) is 12.2 Å². The summed E-state index contributed by atoms with van der Waals surface area (Å²) in [7, 11) is 1.91. The number of hydrogen-bond donors (Lipinski definition) is 0. The van der Waals surface area contributed by atoms with Gasteiger partial charge in [-0.2, -0.15) is 0 Å². The fourth-order valence-corrected chi connectivity index (χ4v) is 2.11. The maximum absolute atomic E-state index is 11.7. The van der Waals surface area contributed by atoms with Crippen molar-refractivity contribution in [2.75, 3.05) is 6.61 Å². The van der Waals surface area contributed by atoms with Crippen LogP contribution in [0.5, 0.6) is 0 Å². The van der Waals surface area contributed by atoms with Crippen molar-refractivity contribution in [2.45, 2.75) is 6.92 Å². The Morgan fingerprint density at radius 1 is 1.50 bits per heavy atom. The molecular formula is C14H14ClNO2. The molecule has 2 rings (SSSR count). The molecule has 0 N–H and O–H groups in total. The van der Waals surface area contributed by atoms with Gasteiger partial charge in [-0.1, -0.05) is 18.2 Å². The van der Waals surface area contributed by atoms with Gasteiger partial charge in [0.1, 0.15) is 0 Å². The van der Waals surface area contributed by atoms with Crippen LogP contribution in [0.4, 0.5) is 0 Å². The summed E-state index contributed by atoms with van der Waals surface area (Å²) >= 11 is 5.99. The van der Waals surface area contributed by atoms with Crippen LogP contribution in [-0.4, -0.2) is 17.1 Å². The van der Waals surface area contributed by atoms with Crippen molar-refractivity contribution in [3.63, 3.8) is 0 Å². The molecule has 1 aromatic heterocycles. The predicted molar refractivity (Wildman–Crippen MR) is 73.6 cm³/mol. The molecule has 0 amide bonds. The van der Waals surface area contributed by atoms with Gasteiger partial charge in [0, 0.05) is 34.7 Å². The number of carbonyl (C=O) groups is 1. The van der Waals surface area contributed by atoms with Gasteiger partial charge in [0.2, 0.25) is 0 Å². The van der Waals surface area contributed by atoms with Gasteiger partial charge in [-0.05, 0) is 25.1 Å². The summed E-state index contributed by atoms with van der Waals surface area (Å²) in [6.45, 7) is 5.91. The van der Waals surface area contributed by atoms with Crippen LogP contribution in [0.3, 0.4) is 0 Å². The van der Waals surface area contributed by atoms with E-state index in [1.807, 2.05) is 36.0 Å². The average molecular weight is 264 g/mol. The van der Waals surface area contributed by atoms with Crippen molar-refractivity contribution in [1.82, 2.24) is 4.57 Å². The number of halogens is 1. The fraction of sp³-hybridized carbons (Fsp3) is 0.214. The third-order valence-corrected chi connectivity index (χ3v) is 3.03. The summed E-state index contributed by atoms with van der Waals surface area (Å²) in [5.74, 6) is -0.398.